The van der Waals surface area contributed by atoms with Crippen LogP contribution in [-0.2, 0) is 6.42 Å². The predicted molar refractivity (Wildman–Crippen MR) is 158 cm³/mol. The maximum atomic E-state index is 12.2. The van der Waals surface area contributed by atoms with Crippen LogP contribution >= 0.6 is 11.3 Å². The van der Waals surface area contributed by atoms with E-state index < -0.39 is 12.0 Å². The average Bonchev–Trinajstić information content (AvgIpc) is 3.27. The first-order valence-electron chi connectivity index (χ1n) is 13.7. The Hall–Kier alpha value is -3.21. The van der Waals surface area contributed by atoms with E-state index in [4.69, 9.17) is 16.5 Å². The summed E-state index contributed by atoms with van der Waals surface area (Å²) in [6.45, 7) is 8.98. The highest BCUT2D eigenvalue weighted by molar-refractivity contribution is 7.21. The van der Waals surface area contributed by atoms with Crippen molar-refractivity contribution in [1.82, 2.24) is 15.6 Å². The van der Waals surface area contributed by atoms with Crippen molar-refractivity contribution in [3.05, 3.63) is 51.9 Å². The van der Waals surface area contributed by atoms with Crippen LogP contribution in [0.4, 0.5) is 11.5 Å². The Kier molecular flexibility index (Phi) is 9.42. The van der Waals surface area contributed by atoms with E-state index in [-0.39, 0.29) is 11.9 Å². The molecule has 1 saturated heterocycles. The Bertz CT molecular complexity index is 1300. The number of pyridine rings is 1. The van der Waals surface area contributed by atoms with Gasteiger partial charge in [0, 0.05) is 43.2 Å². The van der Waals surface area contributed by atoms with Crippen LogP contribution in [-0.4, -0.2) is 54.1 Å². The van der Waals surface area contributed by atoms with Gasteiger partial charge in [-0.05, 0) is 54.5 Å². The summed E-state index contributed by atoms with van der Waals surface area (Å²) in [5, 5.41) is 18.0. The molecule has 0 saturated carbocycles. The van der Waals surface area contributed by atoms with Gasteiger partial charge < -0.3 is 32.1 Å². The van der Waals surface area contributed by atoms with E-state index in [0.717, 1.165) is 65.9 Å². The monoisotopic (exact) mass is 552 g/mol. The van der Waals surface area contributed by atoms with Crippen LogP contribution < -0.4 is 27.0 Å². The van der Waals surface area contributed by atoms with E-state index >= 15 is 0 Å². The third-order valence-electron chi connectivity index (χ3n) is 7.16. The lowest BCUT2D eigenvalue weighted by Gasteiger charge is -2.34. The molecule has 3 heterocycles. The van der Waals surface area contributed by atoms with Crippen molar-refractivity contribution in [3.63, 3.8) is 0 Å². The Morgan fingerprint density at radius 2 is 1.87 bits per heavy atom. The lowest BCUT2D eigenvalue weighted by Crippen LogP contribution is -2.44. The number of carbonyl (C=O) groups excluding carboxylic acids is 2. The number of aliphatic hydroxyl groups is 1. The summed E-state index contributed by atoms with van der Waals surface area (Å²) in [6.07, 6.45) is 3.00. The van der Waals surface area contributed by atoms with Crippen molar-refractivity contribution < 1.29 is 14.7 Å². The van der Waals surface area contributed by atoms with Crippen LogP contribution in [0.2, 0.25) is 0 Å². The van der Waals surface area contributed by atoms with Gasteiger partial charge in [-0.25, -0.2) is 4.98 Å². The molecule has 210 valence electrons. The minimum Gasteiger partial charge on any atom is -0.397 e. The van der Waals surface area contributed by atoms with Gasteiger partial charge in [0.1, 0.15) is 15.5 Å². The van der Waals surface area contributed by atoms with Crippen LogP contribution in [0.5, 0.6) is 0 Å². The van der Waals surface area contributed by atoms with Crippen molar-refractivity contribution in [2.24, 2.45) is 11.7 Å². The van der Waals surface area contributed by atoms with Crippen molar-refractivity contribution in [2.75, 3.05) is 36.8 Å². The molecule has 0 bridgehead atoms. The first-order chi connectivity index (χ1) is 18.7. The first-order valence-corrected chi connectivity index (χ1v) is 14.6. The van der Waals surface area contributed by atoms with Gasteiger partial charge in [0.25, 0.3) is 11.8 Å². The molecule has 1 aliphatic rings. The zero-order valence-corrected chi connectivity index (χ0v) is 23.8. The highest BCUT2D eigenvalue weighted by Crippen LogP contribution is 2.37. The van der Waals surface area contributed by atoms with Gasteiger partial charge in [-0.15, -0.1) is 11.3 Å². The molecule has 0 radical (unpaired) electrons. The number of nitrogen functional groups attached to an aromatic ring is 1. The Morgan fingerprint density at radius 1 is 1.18 bits per heavy atom. The van der Waals surface area contributed by atoms with Gasteiger partial charge >= 0.3 is 0 Å². The molecule has 7 N–H and O–H groups in total. The normalized spacial score (nSPS) is 15.2. The molecule has 9 nitrogen and oxygen atoms in total. The minimum atomic E-state index is -0.653. The number of carbonyl (C=O) groups is 2. The smallest absolute Gasteiger partial charge is 0.260 e. The molecule has 1 fully saturated rings. The number of fused-ring (bicyclic) bond motifs is 1. The third-order valence-corrected chi connectivity index (χ3v) is 8.27. The van der Waals surface area contributed by atoms with E-state index in [9.17, 15) is 14.7 Å². The molecule has 1 unspecified atom stereocenters. The standard InChI is InChI=1S/C29H40N6O3S/c1-4-5-20-14-23(34-29-24(20)25(30)26(39-29)27(31)37)35-12-10-21(11-13-35)32-16-22(36)18-6-8-19(9-7-18)28(38)33-15-17(2)3/h6-9,14,17,21-22,32,36H,4-5,10-13,15-16,30H2,1-3H3,(H2,31,37)(H,33,38). The molecular formula is C29H40N6O3S. The number of aryl methyl sites for hydroxylation is 1. The van der Waals surface area contributed by atoms with Crippen molar-refractivity contribution >= 4 is 44.9 Å². The van der Waals surface area contributed by atoms with Gasteiger partial charge in [0.05, 0.1) is 11.8 Å². The number of aromatic nitrogens is 1. The molecule has 4 rings (SSSR count). The quantitative estimate of drug-likeness (QED) is 0.244. The van der Waals surface area contributed by atoms with Crippen LogP contribution in [0.1, 0.15) is 77.3 Å². The summed E-state index contributed by atoms with van der Waals surface area (Å²) in [5.74, 6) is 0.681. The molecular weight excluding hydrogens is 512 g/mol. The molecule has 1 aromatic carbocycles. The molecule has 2 amide bonds. The van der Waals surface area contributed by atoms with E-state index in [1.807, 2.05) is 12.1 Å². The second-order valence-corrected chi connectivity index (χ2v) is 11.7. The Labute approximate surface area is 234 Å². The van der Waals surface area contributed by atoms with Gasteiger partial charge in [-0.1, -0.05) is 39.3 Å². The number of rotatable bonds is 11. The topological polar surface area (TPSA) is 147 Å². The molecule has 1 aliphatic heterocycles. The van der Waals surface area contributed by atoms with E-state index in [0.29, 0.717) is 35.1 Å². The highest BCUT2D eigenvalue weighted by atomic mass is 32.1. The highest BCUT2D eigenvalue weighted by Gasteiger charge is 2.24. The molecule has 3 aromatic rings. The summed E-state index contributed by atoms with van der Waals surface area (Å²) < 4.78 is 0. The molecule has 0 aliphatic carbocycles. The second-order valence-electron chi connectivity index (χ2n) is 10.7. The Morgan fingerprint density at radius 3 is 2.49 bits per heavy atom. The van der Waals surface area contributed by atoms with E-state index in [1.165, 1.54) is 11.3 Å². The molecule has 0 spiro atoms. The zero-order valence-electron chi connectivity index (χ0n) is 23.0. The number of aliphatic hydroxyl groups excluding tert-OH is 1. The fourth-order valence-electron chi connectivity index (χ4n) is 4.96. The number of piperidine rings is 1. The molecule has 1 atom stereocenters. The van der Waals surface area contributed by atoms with Crippen molar-refractivity contribution in [3.8, 4) is 0 Å². The number of nitrogens with zero attached hydrogens (tertiary/aromatic N) is 2. The number of anilines is 2. The van der Waals surface area contributed by atoms with Crippen molar-refractivity contribution in [1.29, 1.82) is 0 Å². The predicted octanol–water partition coefficient (Wildman–Crippen LogP) is 3.61. The lowest BCUT2D eigenvalue weighted by molar-refractivity contribution is 0.0947. The van der Waals surface area contributed by atoms with Crippen LogP contribution in [0, 0.1) is 5.92 Å². The first kappa shape index (κ1) is 28.8. The fourth-order valence-corrected chi connectivity index (χ4v) is 5.95. The van der Waals surface area contributed by atoms with Gasteiger partial charge in [0.15, 0.2) is 0 Å². The number of nitrogens with two attached hydrogens (primary N) is 2. The number of thiophene rings is 1. The minimum absolute atomic E-state index is 0.0964. The summed E-state index contributed by atoms with van der Waals surface area (Å²) in [7, 11) is 0. The summed E-state index contributed by atoms with van der Waals surface area (Å²) in [4.78, 5) is 32.3. The fraction of sp³-hybridized carbons (Fsp3) is 0.483. The number of hydrogen-bond acceptors (Lipinski definition) is 8. The lowest BCUT2D eigenvalue weighted by atomic mass is 10.0. The van der Waals surface area contributed by atoms with Crippen LogP contribution in [0.25, 0.3) is 10.2 Å². The van der Waals surface area contributed by atoms with Crippen molar-refractivity contribution in [2.45, 2.75) is 58.6 Å². The van der Waals surface area contributed by atoms with Gasteiger partial charge in [-0.3, -0.25) is 9.59 Å². The average molecular weight is 553 g/mol. The number of amides is 2. The van der Waals surface area contributed by atoms with Gasteiger partial charge in [0.2, 0.25) is 0 Å². The van der Waals surface area contributed by atoms with Crippen LogP contribution in [0.15, 0.2) is 30.3 Å². The van der Waals surface area contributed by atoms with E-state index in [1.54, 1.807) is 12.1 Å². The number of benzene rings is 1. The summed E-state index contributed by atoms with van der Waals surface area (Å²) in [5.41, 5.74) is 14.7. The molecule has 39 heavy (non-hydrogen) atoms. The SMILES string of the molecule is CCCc1cc(N2CCC(NCC(O)c3ccc(C(=O)NCC(C)C)cc3)CC2)nc2sc(C(N)=O)c(N)c12. The third kappa shape index (κ3) is 6.87. The molecule has 10 heteroatoms. The maximum Gasteiger partial charge on any atom is 0.260 e. The maximum absolute atomic E-state index is 12.2. The molecule has 2 aromatic heterocycles. The summed E-state index contributed by atoms with van der Waals surface area (Å²) in [6, 6.07) is 9.54. The zero-order chi connectivity index (χ0) is 28.1. The number of nitrogens with one attached hydrogen (secondary N) is 2. The summed E-state index contributed by atoms with van der Waals surface area (Å²) >= 11 is 1.27. The van der Waals surface area contributed by atoms with E-state index in [2.05, 4.69) is 42.4 Å². The largest absolute Gasteiger partial charge is 0.397 e. The number of primary amides is 1. The van der Waals surface area contributed by atoms with Crippen LogP contribution in [0.3, 0.4) is 0 Å². The second kappa shape index (κ2) is 12.8. The Balaban J connectivity index is 1.33. The number of hydrogen-bond donors (Lipinski definition) is 5. The van der Waals surface area contributed by atoms with Gasteiger partial charge in [-0.2, -0.15) is 0 Å².